The number of aromatic nitrogens is 3. The molecule has 4 rings (SSSR count). The van der Waals surface area contributed by atoms with Crippen LogP contribution in [0.4, 0.5) is 10.5 Å². The average molecular weight is 365 g/mol. The highest BCUT2D eigenvalue weighted by Crippen LogP contribution is 2.27. The summed E-state index contributed by atoms with van der Waals surface area (Å²) >= 11 is 0. The van der Waals surface area contributed by atoms with Gasteiger partial charge in [0.05, 0.1) is 29.5 Å². The van der Waals surface area contributed by atoms with E-state index in [1.165, 1.54) is 4.90 Å². The maximum absolute atomic E-state index is 11.1. The predicted octanol–water partition coefficient (Wildman–Crippen LogP) is 2.77. The number of anilines is 1. The molecule has 138 valence electrons. The monoisotopic (exact) mass is 365 g/mol. The molecule has 1 unspecified atom stereocenters. The number of ether oxygens (including phenoxy) is 1. The molecule has 1 atom stereocenters. The summed E-state index contributed by atoms with van der Waals surface area (Å²) in [6.07, 6.45) is 6.34. The van der Waals surface area contributed by atoms with Gasteiger partial charge in [-0.25, -0.2) is 4.79 Å². The molecule has 0 spiro atoms. The van der Waals surface area contributed by atoms with E-state index in [2.05, 4.69) is 20.3 Å². The molecule has 1 fully saturated rings. The fraction of sp³-hybridized carbons (Fsp3) is 0.263. The van der Waals surface area contributed by atoms with E-state index in [4.69, 9.17) is 9.84 Å². The maximum Gasteiger partial charge on any atom is 0.407 e. The van der Waals surface area contributed by atoms with Gasteiger partial charge in [0.25, 0.3) is 0 Å². The Morgan fingerprint density at radius 3 is 2.89 bits per heavy atom. The van der Waals surface area contributed by atoms with Gasteiger partial charge in [-0.2, -0.15) is 0 Å². The van der Waals surface area contributed by atoms with Crippen LogP contribution >= 0.6 is 0 Å². The van der Waals surface area contributed by atoms with Crippen molar-refractivity contribution in [3.63, 3.8) is 0 Å². The molecule has 2 N–H and O–H groups in total. The van der Waals surface area contributed by atoms with E-state index < -0.39 is 6.09 Å². The Balaban J connectivity index is 1.44. The third-order valence-corrected chi connectivity index (χ3v) is 4.51. The van der Waals surface area contributed by atoms with E-state index in [0.29, 0.717) is 31.8 Å². The topological polar surface area (TPSA) is 100 Å². The number of likely N-dealkylation sites (tertiary alicyclic amines) is 1. The van der Waals surface area contributed by atoms with Crippen LogP contribution in [0.15, 0.2) is 49.1 Å². The number of nitrogens with zero attached hydrogens (tertiary/aromatic N) is 4. The smallest absolute Gasteiger partial charge is 0.407 e. The average Bonchev–Trinajstić information content (AvgIpc) is 3.16. The minimum atomic E-state index is -0.909. The zero-order valence-corrected chi connectivity index (χ0v) is 14.6. The molecule has 3 heterocycles. The lowest BCUT2D eigenvalue weighted by Gasteiger charge is -2.17. The Hall–Kier alpha value is -3.42. The van der Waals surface area contributed by atoms with Gasteiger partial charge in [0.15, 0.2) is 0 Å². The molecule has 1 aliphatic heterocycles. The summed E-state index contributed by atoms with van der Waals surface area (Å²) in [5.74, 6) is 0.669. The van der Waals surface area contributed by atoms with E-state index in [-0.39, 0.29) is 6.10 Å². The van der Waals surface area contributed by atoms with Crippen molar-refractivity contribution in [1.29, 1.82) is 0 Å². The van der Waals surface area contributed by atoms with Crippen molar-refractivity contribution in [2.45, 2.75) is 19.1 Å². The Morgan fingerprint density at radius 2 is 2.07 bits per heavy atom. The van der Waals surface area contributed by atoms with Crippen LogP contribution in [0.3, 0.4) is 0 Å². The van der Waals surface area contributed by atoms with E-state index in [9.17, 15) is 4.79 Å². The second kappa shape index (κ2) is 7.45. The van der Waals surface area contributed by atoms with Gasteiger partial charge in [-0.15, -0.1) is 0 Å². The number of nitrogens with one attached hydrogen (secondary N) is 1. The zero-order valence-electron chi connectivity index (χ0n) is 14.6. The first kappa shape index (κ1) is 17.0. The van der Waals surface area contributed by atoms with E-state index in [0.717, 1.165) is 22.3 Å². The third-order valence-electron chi connectivity index (χ3n) is 4.51. The Kier molecular flexibility index (Phi) is 4.69. The van der Waals surface area contributed by atoms with Crippen LogP contribution < -0.4 is 10.1 Å². The van der Waals surface area contributed by atoms with Gasteiger partial charge >= 0.3 is 6.09 Å². The van der Waals surface area contributed by atoms with E-state index >= 15 is 0 Å². The lowest BCUT2D eigenvalue weighted by atomic mass is 10.2. The number of benzene rings is 1. The number of fused-ring (bicyclic) bond motifs is 1. The van der Waals surface area contributed by atoms with Crippen molar-refractivity contribution in [2.24, 2.45) is 0 Å². The zero-order chi connectivity index (χ0) is 18.6. The Bertz CT molecular complexity index is 965. The van der Waals surface area contributed by atoms with Crippen molar-refractivity contribution in [3.8, 4) is 5.75 Å². The van der Waals surface area contributed by atoms with Crippen molar-refractivity contribution >= 4 is 22.8 Å². The highest BCUT2D eigenvalue weighted by atomic mass is 16.5. The molecule has 1 aliphatic rings. The van der Waals surface area contributed by atoms with Crippen LogP contribution in [0.5, 0.6) is 5.75 Å². The highest BCUT2D eigenvalue weighted by molar-refractivity contribution is 5.74. The first-order valence-electron chi connectivity index (χ1n) is 8.71. The predicted molar refractivity (Wildman–Crippen MR) is 99.7 cm³/mol. The Morgan fingerprint density at radius 1 is 1.22 bits per heavy atom. The molecule has 0 radical (unpaired) electrons. The molecular weight excluding hydrogens is 346 g/mol. The minimum Gasteiger partial charge on any atom is -0.486 e. The van der Waals surface area contributed by atoms with Crippen molar-refractivity contribution in [1.82, 2.24) is 19.9 Å². The van der Waals surface area contributed by atoms with Crippen LogP contribution in [0.1, 0.15) is 12.0 Å². The third kappa shape index (κ3) is 3.89. The van der Waals surface area contributed by atoms with Crippen molar-refractivity contribution in [3.05, 3.63) is 54.6 Å². The number of carboxylic acid groups (broad SMARTS) is 1. The summed E-state index contributed by atoms with van der Waals surface area (Å²) in [5, 5.41) is 12.4. The van der Waals surface area contributed by atoms with Gasteiger partial charge in [-0.05, 0) is 17.7 Å². The largest absolute Gasteiger partial charge is 0.486 e. The first-order valence-corrected chi connectivity index (χ1v) is 8.71. The number of hydrogen-bond donors (Lipinski definition) is 2. The number of rotatable bonds is 5. The maximum atomic E-state index is 11.1. The second-order valence-corrected chi connectivity index (χ2v) is 6.36. The Labute approximate surface area is 155 Å². The van der Waals surface area contributed by atoms with Crippen LogP contribution in [0.2, 0.25) is 0 Å². The van der Waals surface area contributed by atoms with Crippen LogP contribution in [0.25, 0.3) is 11.0 Å². The summed E-state index contributed by atoms with van der Waals surface area (Å²) in [4.78, 5) is 25.2. The van der Waals surface area contributed by atoms with Gasteiger partial charge in [-0.1, -0.05) is 6.07 Å². The number of carbonyl (C=O) groups is 1. The van der Waals surface area contributed by atoms with Crippen LogP contribution in [0, 0.1) is 0 Å². The molecule has 0 aliphatic carbocycles. The quantitative estimate of drug-likeness (QED) is 0.717. The minimum absolute atomic E-state index is 0.153. The summed E-state index contributed by atoms with van der Waals surface area (Å²) in [5.41, 5.74) is 3.54. The molecular formula is C19H19N5O3. The lowest BCUT2D eigenvalue weighted by molar-refractivity contribution is 0.146. The fourth-order valence-electron chi connectivity index (χ4n) is 3.11. The normalized spacial score (nSPS) is 16.4. The van der Waals surface area contributed by atoms with Crippen molar-refractivity contribution < 1.29 is 14.6 Å². The summed E-state index contributed by atoms with van der Waals surface area (Å²) in [7, 11) is 0. The van der Waals surface area contributed by atoms with Gasteiger partial charge in [0.1, 0.15) is 11.9 Å². The second-order valence-electron chi connectivity index (χ2n) is 6.36. The number of amides is 1. The van der Waals surface area contributed by atoms with Gasteiger partial charge in [0.2, 0.25) is 0 Å². The molecule has 3 aromatic rings. The number of pyridine rings is 1. The molecule has 27 heavy (non-hydrogen) atoms. The van der Waals surface area contributed by atoms with E-state index in [1.807, 2.05) is 18.2 Å². The van der Waals surface area contributed by atoms with Gasteiger partial charge in [0, 0.05) is 44.2 Å². The molecule has 1 amide bonds. The van der Waals surface area contributed by atoms with Gasteiger partial charge < -0.3 is 20.1 Å². The molecule has 0 saturated carbocycles. The fourth-order valence-corrected chi connectivity index (χ4v) is 3.11. The summed E-state index contributed by atoms with van der Waals surface area (Å²) < 4.78 is 6.02. The first-order chi connectivity index (χ1) is 13.2. The standard InChI is InChI=1S/C19H19N5O3/c25-19(26)24-8-4-14(12-24)27-18-3-5-20-11-17(18)23-10-13-1-2-15-16(9-13)22-7-6-21-15/h1-3,5-7,9,11,14,23H,4,8,10,12H2,(H,25,26). The highest BCUT2D eigenvalue weighted by Gasteiger charge is 2.27. The van der Waals surface area contributed by atoms with Crippen LogP contribution in [-0.4, -0.2) is 50.2 Å². The van der Waals surface area contributed by atoms with Crippen LogP contribution in [-0.2, 0) is 6.54 Å². The van der Waals surface area contributed by atoms with E-state index in [1.54, 1.807) is 30.9 Å². The SMILES string of the molecule is O=C(O)N1CCC(Oc2ccncc2NCc2ccc3nccnc3c2)C1. The molecule has 1 aromatic carbocycles. The number of hydrogen-bond acceptors (Lipinski definition) is 6. The molecule has 8 nitrogen and oxygen atoms in total. The lowest BCUT2D eigenvalue weighted by Crippen LogP contribution is -2.29. The molecule has 0 bridgehead atoms. The molecule has 8 heteroatoms. The molecule has 2 aromatic heterocycles. The summed E-state index contributed by atoms with van der Waals surface area (Å²) in [6.45, 7) is 1.45. The van der Waals surface area contributed by atoms with Gasteiger partial charge in [-0.3, -0.25) is 15.0 Å². The van der Waals surface area contributed by atoms with Crippen molar-refractivity contribution in [2.75, 3.05) is 18.4 Å². The summed E-state index contributed by atoms with van der Waals surface area (Å²) in [6, 6.07) is 7.73. The molecule has 1 saturated heterocycles.